The van der Waals surface area contributed by atoms with Crippen molar-refractivity contribution in [3.63, 3.8) is 0 Å². The van der Waals surface area contributed by atoms with E-state index in [1.165, 1.54) is 6.26 Å². The van der Waals surface area contributed by atoms with Gasteiger partial charge >= 0.3 is 5.97 Å². The molecule has 0 heterocycles. The van der Waals surface area contributed by atoms with Crippen LogP contribution < -0.4 is 4.74 Å². The van der Waals surface area contributed by atoms with Gasteiger partial charge in [0.05, 0.1) is 5.41 Å². The van der Waals surface area contributed by atoms with Gasteiger partial charge in [-0.1, -0.05) is 67.4 Å². The van der Waals surface area contributed by atoms with Crippen LogP contribution in [0.2, 0.25) is 0 Å². The molecule has 3 rings (SSSR count). The average Bonchev–Trinajstić information content (AvgIpc) is 3.10. The molecule has 0 aromatic heterocycles. The number of esters is 1. The first-order valence-corrected chi connectivity index (χ1v) is 9.52. The first-order chi connectivity index (χ1) is 13.3. The van der Waals surface area contributed by atoms with Crippen molar-refractivity contribution in [2.45, 2.75) is 20.3 Å². The Balaban J connectivity index is 1.91. The number of nitrogens with zero attached hydrogens (tertiary/aromatic N) is 1. The molecule has 1 aliphatic rings. The quantitative estimate of drug-likeness (QED) is 0.428. The number of nitriles is 1. The van der Waals surface area contributed by atoms with Crippen molar-refractivity contribution in [2.24, 2.45) is 16.7 Å². The molecule has 0 amide bonds. The lowest BCUT2D eigenvalue weighted by molar-refractivity contribution is -0.145. The predicted octanol–water partition coefficient (Wildman–Crippen LogP) is 6.01. The van der Waals surface area contributed by atoms with Crippen LogP contribution in [-0.2, 0) is 16.0 Å². The van der Waals surface area contributed by atoms with Crippen LogP contribution in [0.5, 0.6) is 11.5 Å². The topological polar surface area (TPSA) is 59.3 Å². The summed E-state index contributed by atoms with van der Waals surface area (Å²) in [4.78, 5) is 12.7. The average molecular weight is 416 g/mol. The lowest BCUT2D eigenvalue weighted by Crippen LogP contribution is -2.26. The fourth-order valence-electron chi connectivity index (χ4n) is 3.97. The van der Waals surface area contributed by atoms with E-state index in [1.54, 1.807) is 6.08 Å². The zero-order valence-electron chi connectivity index (χ0n) is 15.5. The molecular weight excluding hydrogens is 397 g/mol. The van der Waals surface area contributed by atoms with E-state index in [0.717, 1.165) is 11.3 Å². The predicted molar refractivity (Wildman–Crippen MR) is 108 cm³/mol. The van der Waals surface area contributed by atoms with Gasteiger partial charge in [0.1, 0.15) is 16.0 Å². The molecule has 28 heavy (non-hydrogen) atoms. The van der Waals surface area contributed by atoms with Crippen molar-refractivity contribution in [2.75, 3.05) is 0 Å². The molecule has 6 heteroatoms. The Morgan fingerprint density at radius 2 is 1.82 bits per heavy atom. The maximum atomic E-state index is 12.7. The second-order valence-electron chi connectivity index (χ2n) is 7.35. The van der Waals surface area contributed by atoms with Crippen LogP contribution >= 0.6 is 23.2 Å². The molecule has 4 nitrogen and oxygen atoms in total. The maximum Gasteiger partial charge on any atom is 0.329 e. The van der Waals surface area contributed by atoms with Gasteiger partial charge in [-0.2, -0.15) is 0 Å². The number of allylic oxidation sites excluding steroid dienone is 1. The van der Waals surface area contributed by atoms with Crippen molar-refractivity contribution < 1.29 is 14.3 Å². The summed E-state index contributed by atoms with van der Waals surface area (Å²) in [6.45, 7) is 3.88. The lowest BCUT2D eigenvalue weighted by atomic mass is 9.88. The molecule has 0 N–H and O–H groups in total. The van der Waals surface area contributed by atoms with Crippen LogP contribution in [0, 0.1) is 28.3 Å². The van der Waals surface area contributed by atoms with Crippen LogP contribution in [-0.4, -0.2) is 5.97 Å². The minimum atomic E-state index is -0.927. The van der Waals surface area contributed by atoms with Crippen molar-refractivity contribution in [3.8, 4) is 17.8 Å². The summed E-state index contributed by atoms with van der Waals surface area (Å²) in [5.74, 6) is 0.558. The van der Waals surface area contributed by atoms with Gasteiger partial charge in [0, 0.05) is 5.92 Å². The van der Waals surface area contributed by atoms with E-state index in [-0.39, 0.29) is 10.4 Å². The summed E-state index contributed by atoms with van der Waals surface area (Å²) in [6, 6.07) is 16.9. The molecule has 2 aromatic rings. The molecule has 1 aliphatic carbocycles. The number of ether oxygens (including phenoxy) is 2. The van der Waals surface area contributed by atoms with E-state index >= 15 is 0 Å². The molecule has 0 bridgehead atoms. The second-order valence-corrected chi connectivity index (χ2v) is 8.35. The Morgan fingerprint density at radius 3 is 2.46 bits per heavy atom. The summed E-state index contributed by atoms with van der Waals surface area (Å²) in [6.07, 6.45) is 3.51. The van der Waals surface area contributed by atoms with E-state index in [2.05, 4.69) is 0 Å². The van der Waals surface area contributed by atoms with Gasteiger partial charge in [0.25, 0.3) is 6.26 Å². The highest BCUT2D eigenvalue weighted by Crippen LogP contribution is 2.71. The van der Waals surface area contributed by atoms with Crippen molar-refractivity contribution in [3.05, 3.63) is 70.7 Å². The van der Waals surface area contributed by atoms with Gasteiger partial charge in [-0.05, 0) is 47.7 Å². The fourth-order valence-corrected chi connectivity index (χ4v) is 4.22. The summed E-state index contributed by atoms with van der Waals surface area (Å²) in [5.41, 5.74) is -0.506. The third kappa shape index (κ3) is 3.73. The van der Waals surface area contributed by atoms with E-state index in [0.29, 0.717) is 12.2 Å². The normalized spacial score (nSPS) is 21.9. The first-order valence-electron chi connectivity index (χ1n) is 8.76. The fraction of sp³-hybridized carbons (Fsp3) is 0.273. The molecule has 2 aromatic carbocycles. The van der Waals surface area contributed by atoms with Gasteiger partial charge in [0.2, 0.25) is 0 Å². The first kappa shape index (κ1) is 20.3. The van der Waals surface area contributed by atoms with Crippen LogP contribution in [0.1, 0.15) is 19.4 Å². The van der Waals surface area contributed by atoms with Crippen molar-refractivity contribution in [1.82, 2.24) is 0 Å². The molecule has 2 atom stereocenters. The maximum absolute atomic E-state index is 12.7. The zero-order chi connectivity index (χ0) is 20.4. The highest BCUT2D eigenvalue weighted by atomic mass is 35.5. The minimum Gasteiger partial charge on any atom is -0.457 e. The Bertz CT molecular complexity index is 946. The van der Waals surface area contributed by atoms with Crippen LogP contribution in [0.15, 0.2) is 65.2 Å². The molecule has 1 saturated carbocycles. The SMILES string of the molecule is CC1(C)C(C=C(Cl)Cl)[C@@]1(Cc1cccc(Oc2ccccc2)c1)C(=O)OC#N. The third-order valence-corrected chi connectivity index (χ3v) is 5.78. The Kier molecular flexibility index (Phi) is 5.69. The number of para-hydroxylation sites is 1. The van der Waals surface area contributed by atoms with Gasteiger partial charge in [0.15, 0.2) is 0 Å². The molecular formula is C22H19Cl2NO3. The molecule has 1 unspecified atom stereocenters. The summed E-state index contributed by atoms with van der Waals surface area (Å²) in [5, 5.41) is 8.86. The Labute approximate surface area is 174 Å². The largest absolute Gasteiger partial charge is 0.457 e. The zero-order valence-corrected chi connectivity index (χ0v) is 17.0. The number of hydrogen-bond donors (Lipinski definition) is 0. The van der Waals surface area contributed by atoms with Crippen LogP contribution in [0.3, 0.4) is 0 Å². The molecule has 144 valence electrons. The number of benzene rings is 2. The van der Waals surface area contributed by atoms with E-state index in [9.17, 15) is 4.79 Å². The standard InChI is InChI=1S/C22H19Cl2NO3/c1-21(2)18(12-19(23)24)22(21,20(26)27-14-25)13-15-7-6-10-17(11-15)28-16-8-4-3-5-9-16/h3-12,18H,13H2,1-2H3/t18?,22-/m0/s1. The molecule has 1 fully saturated rings. The highest BCUT2D eigenvalue weighted by molar-refractivity contribution is 6.55. The van der Waals surface area contributed by atoms with E-state index in [1.807, 2.05) is 68.4 Å². The highest BCUT2D eigenvalue weighted by Gasteiger charge is 2.75. The molecule has 0 aliphatic heterocycles. The minimum absolute atomic E-state index is 0.0888. The lowest BCUT2D eigenvalue weighted by Gasteiger charge is -2.17. The molecule has 0 radical (unpaired) electrons. The second kappa shape index (κ2) is 7.87. The van der Waals surface area contributed by atoms with Crippen molar-refractivity contribution >= 4 is 29.2 Å². The van der Waals surface area contributed by atoms with Gasteiger partial charge in [-0.3, -0.25) is 4.79 Å². The summed E-state index contributed by atoms with van der Waals surface area (Å²) < 4.78 is 10.7. The number of carbonyl (C=O) groups excluding carboxylic acids is 1. The van der Waals surface area contributed by atoms with Gasteiger partial charge in [-0.25, -0.2) is 0 Å². The Hall–Kier alpha value is -2.48. The van der Waals surface area contributed by atoms with E-state index in [4.69, 9.17) is 37.9 Å². The number of hydrogen-bond acceptors (Lipinski definition) is 4. The molecule has 0 saturated heterocycles. The van der Waals surface area contributed by atoms with Crippen LogP contribution in [0.25, 0.3) is 0 Å². The number of carbonyl (C=O) groups is 1. The molecule has 0 spiro atoms. The van der Waals surface area contributed by atoms with Gasteiger partial charge < -0.3 is 9.47 Å². The summed E-state index contributed by atoms with van der Waals surface area (Å²) >= 11 is 11.7. The monoisotopic (exact) mass is 415 g/mol. The van der Waals surface area contributed by atoms with Crippen LogP contribution in [0.4, 0.5) is 0 Å². The van der Waals surface area contributed by atoms with E-state index < -0.39 is 16.8 Å². The van der Waals surface area contributed by atoms with Gasteiger partial charge in [-0.15, -0.1) is 5.26 Å². The third-order valence-electron chi connectivity index (χ3n) is 5.53. The number of halogens is 2. The summed E-state index contributed by atoms with van der Waals surface area (Å²) in [7, 11) is 0. The Morgan fingerprint density at radius 1 is 1.14 bits per heavy atom. The smallest absolute Gasteiger partial charge is 0.329 e. The van der Waals surface area contributed by atoms with Crippen molar-refractivity contribution in [1.29, 1.82) is 5.26 Å². The number of rotatable bonds is 6.